The molecule has 1 amide bonds. The number of hydrogen-bond donors (Lipinski definition) is 1. The number of nitro benzene ring substituents is 1. The Morgan fingerprint density at radius 2 is 2.00 bits per heavy atom. The van der Waals surface area contributed by atoms with Crippen LogP contribution in [0.15, 0.2) is 18.2 Å². The number of hydrogen-bond acceptors (Lipinski definition) is 6. The van der Waals surface area contributed by atoms with Crippen molar-refractivity contribution in [2.45, 2.75) is 32.9 Å². The standard InChI is InChI=1S/C17H14ClF3N6O3/c1-8-11(9(2)26-16(22-8)24-15(25-26)17(19,20)21)4-6-14(28)23-10-3-5-12(18)13(7-10)27(29)30/h3,5,7H,4,6H2,1-2H3,(H,23,28). The van der Waals surface area contributed by atoms with E-state index in [-0.39, 0.29) is 35.0 Å². The van der Waals surface area contributed by atoms with Crippen LogP contribution in [0.3, 0.4) is 0 Å². The van der Waals surface area contributed by atoms with Crippen molar-refractivity contribution in [2.75, 3.05) is 5.32 Å². The van der Waals surface area contributed by atoms with E-state index in [1.54, 1.807) is 13.8 Å². The fourth-order valence-corrected chi connectivity index (χ4v) is 3.07. The number of nitrogens with zero attached hydrogens (tertiary/aromatic N) is 5. The molecule has 0 fully saturated rings. The fraction of sp³-hybridized carbons (Fsp3) is 0.294. The molecular formula is C17H14ClF3N6O3. The Balaban J connectivity index is 1.77. The number of anilines is 1. The van der Waals surface area contributed by atoms with E-state index in [4.69, 9.17) is 11.6 Å². The van der Waals surface area contributed by atoms with Gasteiger partial charge < -0.3 is 5.32 Å². The molecule has 0 aliphatic heterocycles. The van der Waals surface area contributed by atoms with E-state index in [9.17, 15) is 28.1 Å². The molecule has 158 valence electrons. The highest BCUT2D eigenvalue weighted by molar-refractivity contribution is 6.32. The summed E-state index contributed by atoms with van der Waals surface area (Å²) in [6.07, 6.45) is -4.56. The van der Waals surface area contributed by atoms with Crippen molar-refractivity contribution in [3.8, 4) is 0 Å². The lowest BCUT2D eigenvalue weighted by Gasteiger charge is -2.10. The Kier molecular flexibility index (Phi) is 5.61. The second-order valence-corrected chi connectivity index (χ2v) is 6.78. The van der Waals surface area contributed by atoms with Crippen LogP contribution in [0.4, 0.5) is 24.5 Å². The van der Waals surface area contributed by atoms with Crippen molar-refractivity contribution in [2.24, 2.45) is 0 Å². The second kappa shape index (κ2) is 7.86. The molecule has 1 N–H and O–H groups in total. The minimum atomic E-state index is -4.70. The van der Waals surface area contributed by atoms with Crippen LogP contribution >= 0.6 is 11.6 Å². The molecule has 2 aromatic heterocycles. The van der Waals surface area contributed by atoms with Gasteiger partial charge in [-0.15, -0.1) is 5.10 Å². The van der Waals surface area contributed by atoms with E-state index in [0.717, 1.165) is 10.6 Å². The molecule has 0 saturated heterocycles. The Morgan fingerprint density at radius 1 is 1.30 bits per heavy atom. The lowest BCUT2D eigenvalue weighted by molar-refractivity contribution is -0.384. The normalized spacial score (nSPS) is 11.7. The lowest BCUT2D eigenvalue weighted by atomic mass is 10.1. The van der Waals surface area contributed by atoms with Crippen molar-refractivity contribution in [3.05, 3.63) is 56.1 Å². The summed E-state index contributed by atoms with van der Waals surface area (Å²) in [6.45, 7) is 3.16. The number of benzene rings is 1. The van der Waals surface area contributed by atoms with Gasteiger partial charge >= 0.3 is 6.18 Å². The zero-order valence-corrected chi connectivity index (χ0v) is 16.4. The first-order valence-corrected chi connectivity index (χ1v) is 8.89. The van der Waals surface area contributed by atoms with Crippen LogP contribution in [0.5, 0.6) is 0 Å². The molecule has 0 aliphatic rings. The summed E-state index contributed by atoms with van der Waals surface area (Å²) < 4.78 is 39.6. The van der Waals surface area contributed by atoms with Crippen molar-refractivity contribution >= 4 is 34.7 Å². The molecule has 1 aromatic carbocycles. The first kappa shape index (κ1) is 21.4. The number of aryl methyl sites for hydroxylation is 2. The van der Waals surface area contributed by atoms with Crippen molar-refractivity contribution in [3.63, 3.8) is 0 Å². The van der Waals surface area contributed by atoms with Crippen molar-refractivity contribution < 1.29 is 22.9 Å². The average molecular weight is 443 g/mol. The predicted molar refractivity (Wildman–Crippen MR) is 100 cm³/mol. The summed E-state index contributed by atoms with van der Waals surface area (Å²) in [5.41, 5.74) is 1.22. The number of amides is 1. The lowest BCUT2D eigenvalue weighted by Crippen LogP contribution is -2.14. The number of nitrogens with one attached hydrogen (secondary N) is 1. The number of carbonyl (C=O) groups is 1. The summed E-state index contributed by atoms with van der Waals surface area (Å²) in [7, 11) is 0. The van der Waals surface area contributed by atoms with E-state index in [1.807, 2.05) is 0 Å². The summed E-state index contributed by atoms with van der Waals surface area (Å²) in [6, 6.07) is 3.86. The van der Waals surface area contributed by atoms with Crippen molar-refractivity contribution in [1.82, 2.24) is 19.6 Å². The van der Waals surface area contributed by atoms with Gasteiger partial charge in [0.25, 0.3) is 17.3 Å². The van der Waals surface area contributed by atoms with E-state index >= 15 is 0 Å². The van der Waals surface area contributed by atoms with Gasteiger partial charge in [0, 0.05) is 29.6 Å². The molecule has 30 heavy (non-hydrogen) atoms. The Hall–Kier alpha value is -3.28. The number of rotatable bonds is 5. The van der Waals surface area contributed by atoms with Crippen molar-refractivity contribution in [1.29, 1.82) is 0 Å². The third kappa shape index (κ3) is 4.32. The maximum absolute atomic E-state index is 12.9. The van der Waals surface area contributed by atoms with Gasteiger partial charge in [-0.05, 0) is 38.0 Å². The third-order valence-electron chi connectivity index (χ3n) is 4.33. The molecule has 9 nitrogen and oxygen atoms in total. The number of nitro groups is 1. The molecule has 0 spiro atoms. The summed E-state index contributed by atoms with van der Waals surface area (Å²) >= 11 is 5.74. The molecule has 2 heterocycles. The number of carbonyl (C=O) groups excluding carboxylic acids is 1. The van der Waals surface area contributed by atoms with Gasteiger partial charge in [0.1, 0.15) is 5.02 Å². The van der Waals surface area contributed by atoms with Gasteiger partial charge in [-0.2, -0.15) is 18.2 Å². The van der Waals surface area contributed by atoms with Crippen LogP contribution in [0, 0.1) is 24.0 Å². The minimum absolute atomic E-state index is 0.0356. The van der Waals surface area contributed by atoms with E-state index < -0.39 is 22.8 Å². The molecule has 13 heteroatoms. The van der Waals surface area contributed by atoms with Crippen LogP contribution in [-0.2, 0) is 17.4 Å². The zero-order valence-electron chi connectivity index (χ0n) is 15.6. The Morgan fingerprint density at radius 3 is 2.63 bits per heavy atom. The van der Waals surface area contributed by atoms with E-state index in [0.29, 0.717) is 17.0 Å². The van der Waals surface area contributed by atoms with Crippen LogP contribution in [0.25, 0.3) is 5.78 Å². The van der Waals surface area contributed by atoms with Gasteiger partial charge in [-0.3, -0.25) is 14.9 Å². The quantitative estimate of drug-likeness (QED) is 0.473. The monoisotopic (exact) mass is 442 g/mol. The molecule has 0 atom stereocenters. The van der Waals surface area contributed by atoms with Gasteiger partial charge in [-0.1, -0.05) is 11.6 Å². The third-order valence-corrected chi connectivity index (χ3v) is 4.65. The molecule has 0 unspecified atom stereocenters. The van der Waals surface area contributed by atoms with E-state index in [1.165, 1.54) is 12.1 Å². The Bertz CT molecular complexity index is 1160. The zero-order chi connectivity index (χ0) is 22.2. The first-order valence-electron chi connectivity index (χ1n) is 8.51. The topological polar surface area (TPSA) is 115 Å². The molecule has 3 rings (SSSR count). The molecule has 0 radical (unpaired) electrons. The fourth-order valence-electron chi connectivity index (χ4n) is 2.88. The highest BCUT2D eigenvalue weighted by atomic mass is 35.5. The molecule has 0 bridgehead atoms. The highest BCUT2D eigenvalue weighted by Gasteiger charge is 2.37. The first-order chi connectivity index (χ1) is 14.0. The maximum atomic E-state index is 12.9. The smallest absolute Gasteiger partial charge is 0.326 e. The maximum Gasteiger partial charge on any atom is 0.453 e. The molecule has 0 aliphatic carbocycles. The summed E-state index contributed by atoms with van der Waals surface area (Å²) in [5, 5.41) is 16.9. The van der Waals surface area contributed by atoms with Crippen LogP contribution in [0.2, 0.25) is 5.02 Å². The summed E-state index contributed by atoms with van der Waals surface area (Å²) in [5.74, 6) is -1.92. The van der Waals surface area contributed by atoms with Gasteiger partial charge in [0.05, 0.1) is 4.92 Å². The second-order valence-electron chi connectivity index (χ2n) is 6.38. The van der Waals surface area contributed by atoms with Crippen LogP contribution in [0.1, 0.15) is 29.2 Å². The average Bonchev–Trinajstić information content (AvgIpc) is 3.07. The number of fused-ring (bicyclic) bond motifs is 1. The van der Waals surface area contributed by atoms with Gasteiger partial charge in [-0.25, -0.2) is 9.50 Å². The largest absolute Gasteiger partial charge is 0.453 e. The predicted octanol–water partition coefficient (Wildman–Crippen LogP) is 3.89. The molecular weight excluding hydrogens is 429 g/mol. The van der Waals surface area contributed by atoms with Crippen LogP contribution in [-0.4, -0.2) is 30.4 Å². The number of alkyl halides is 3. The molecule has 3 aromatic rings. The van der Waals surface area contributed by atoms with Gasteiger partial charge in [0.15, 0.2) is 0 Å². The number of aromatic nitrogens is 4. The van der Waals surface area contributed by atoms with Crippen LogP contribution < -0.4 is 5.32 Å². The minimum Gasteiger partial charge on any atom is -0.326 e. The SMILES string of the molecule is Cc1nc2nc(C(F)(F)F)nn2c(C)c1CCC(=O)Nc1ccc(Cl)c([N+](=O)[O-])c1. The summed E-state index contributed by atoms with van der Waals surface area (Å²) in [4.78, 5) is 30.0. The van der Waals surface area contributed by atoms with E-state index in [2.05, 4.69) is 20.4 Å². The number of halogens is 4. The highest BCUT2D eigenvalue weighted by Crippen LogP contribution is 2.28. The Labute approximate surface area is 172 Å². The molecule has 0 saturated carbocycles. The van der Waals surface area contributed by atoms with Gasteiger partial charge in [0.2, 0.25) is 5.91 Å².